The van der Waals surface area contributed by atoms with Crippen LogP contribution in [0.15, 0.2) is 36.7 Å². The van der Waals surface area contributed by atoms with Crippen LogP contribution in [0.2, 0.25) is 0 Å². The maximum Gasteiger partial charge on any atom is 0.135 e. The number of nitrogens with one attached hydrogen (secondary N) is 3. The van der Waals surface area contributed by atoms with E-state index in [1.54, 1.807) is 6.33 Å². The maximum atomic E-state index is 4.24. The van der Waals surface area contributed by atoms with Gasteiger partial charge in [0.2, 0.25) is 0 Å². The predicted molar refractivity (Wildman–Crippen MR) is 77.9 cm³/mol. The minimum atomic E-state index is 0.593. The molecule has 3 N–H and O–H groups in total. The van der Waals surface area contributed by atoms with Crippen molar-refractivity contribution >= 4 is 23.0 Å². The Kier molecular flexibility index (Phi) is 3.18. The fourth-order valence-electron chi connectivity index (χ4n) is 1.84. The smallest absolute Gasteiger partial charge is 0.135 e. The summed E-state index contributed by atoms with van der Waals surface area (Å²) >= 11 is 0. The number of benzene rings is 1. The number of hydrogen-bond donors (Lipinski definition) is 3. The number of nitrogens with zero attached hydrogens (tertiary/aromatic N) is 2. The maximum absolute atomic E-state index is 4.24. The molecule has 98 valence electrons. The predicted octanol–water partition coefficient (Wildman–Crippen LogP) is 2.84. The zero-order chi connectivity index (χ0) is 13.1. The summed E-state index contributed by atoms with van der Waals surface area (Å²) in [5.41, 5.74) is 2.07. The van der Waals surface area contributed by atoms with E-state index in [0.29, 0.717) is 6.04 Å². The van der Waals surface area contributed by atoms with Crippen LogP contribution in [0.1, 0.15) is 12.8 Å². The van der Waals surface area contributed by atoms with Crippen LogP contribution in [0.4, 0.5) is 23.0 Å². The molecule has 1 aromatic heterocycles. The SMILES string of the molecule is CNc1cccc(Nc2cc(NC3CC3)ncn2)c1. The average molecular weight is 255 g/mol. The lowest BCUT2D eigenvalue weighted by Crippen LogP contribution is -2.04. The van der Waals surface area contributed by atoms with Gasteiger partial charge in [0.1, 0.15) is 18.0 Å². The molecule has 0 amide bonds. The van der Waals surface area contributed by atoms with Crippen molar-refractivity contribution in [1.29, 1.82) is 0 Å². The summed E-state index contributed by atoms with van der Waals surface area (Å²) < 4.78 is 0. The van der Waals surface area contributed by atoms with Gasteiger partial charge in [-0.1, -0.05) is 6.07 Å². The quantitative estimate of drug-likeness (QED) is 0.767. The molecule has 1 aliphatic rings. The third-order valence-corrected chi connectivity index (χ3v) is 3.02. The lowest BCUT2D eigenvalue weighted by molar-refractivity contribution is 1.08. The number of anilines is 4. The molecular weight excluding hydrogens is 238 g/mol. The van der Waals surface area contributed by atoms with E-state index in [0.717, 1.165) is 23.0 Å². The molecule has 19 heavy (non-hydrogen) atoms. The van der Waals surface area contributed by atoms with E-state index < -0.39 is 0 Å². The van der Waals surface area contributed by atoms with E-state index in [9.17, 15) is 0 Å². The first-order valence-corrected chi connectivity index (χ1v) is 6.47. The molecule has 0 saturated heterocycles. The van der Waals surface area contributed by atoms with Crippen molar-refractivity contribution in [3.8, 4) is 0 Å². The molecule has 0 spiro atoms. The molecule has 5 nitrogen and oxygen atoms in total. The molecule has 0 atom stereocenters. The zero-order valence-corrected chi connectivity index (χ0v) is 10.9. The van der Waals surface area contributed by atoms with Gasteiger partial charge in [-0.25, -0.2) is 9.97 Å². The van der Waals surface area contributed by atoms with Crippen LogP contribution >= 0.6 is 0 Å². The molecular formula is C14H17N5. The van der Waals surface area contributed by atoms with Crippen LogP contribution in [-0.4, -0.2) is 23.1 Å². The average Bonchev–Trinajstić information content (AvgIpc) is 3.23. The van der Waals surface area contributed by atoms with Gasteiger partial charge in [-0.05, 0) is 31.0 Å². The number of aromatic nitrogens is 2. The summed E-state index contributed by atoms with van der Waals surface area (Å²) in [5, 5.41) is 9.76. The summed E-state index contributed by atoms with van der Waals surface area (Å²) in [4.78, 5) is 8.46. The van der Waals surface area contributed by atoms with Gasteiger partial charge in [-0.15, -0.1) is 0 Å². The first-order valence-electron chi connectivity index (χ1n) is 6.47. The highest BCUT2D eigenvalue weighted by molar-refractivity contribution is 5.63. The molecule has 0 radical (unpaired) electrons. The normalized spacial score (nSPS) is 13.9. The van der Waals surface area contributed by atoms with Gasteiger partial charge in [0, 0.05) is 30.5 Å². The topological polar surface area (TPSA) is 61.9 Å². The Morgan fingerprint density at radius 1 is 1.05 bits per heavy atom. The fraction of sp³-hybridized carbons (Fsp3) is 0.286. The van der Waals surface area contributed by atoms with Crippen molar-refractivity contribution in [2.24, 2.45) is 0 Å². The third-order valence-electron chi connectivity index (χ3n) is 3.02. The summed E-state index contributed by atoms with van der Waals surface area (Å²) in [6.07, 6.45) is 4.04. The standard InChI is InChI=1S/C14H17N5/c1-15-11-3-2-4-12(7-11)19-14-8-13(16-9-17-14)18-10-5-6-10/h2-4,7-10,15H,5-6H2,1H3,(H2,16,17,18,19). The summed E-state index contributed by atoms with van der Waals surface area (Å²) in [6, 6.07) is 10.6. The molecule has 2 aromatic rings. The van der Waals surface area contributed by atoms with Crippen molar-refractivity contribution in [3.63, 3.8) is 0 Å². The van der Waals surface area contributed by atoms with E-state index in [1.807, 2.05) is 37.4 Å². The van der Waals surface area contributed by atoms with Crippen molar-refractivity contribution < 1.29 is 0 Å². The first-order chi connectivity index (χ1) is 9.33. The number of hydrogen-bond acceptors (Lipinski definition) is 5. The van der Waals surface area contributed by atoms with Gasteiger partial charge >= 0.3 is 0 Å². The van der Waals surface area contributed by atoms with Crippen LogP contribution < -0.4 is 16.0 Å². The van der Waals surface area contributed by atoms with Crippen LogP contribution in [0.25, 0.3) is 0 Å². The Labute approximate surface area is 112 Å². The molecule has 3 rings (SSSR count). The van der Waals surface area contributed by atoms with Crippen LogP contribution in [-0.2, 0) is 0 Å². The van der Waals surface area contributed by atoms with E-state index in [1.165, 1.54) is 12.8 Å². The minimum absolute atomic E-state index is 0.593. The molecule has 1 saturated carbocycles. The van der Waals surface area contributed by atoms with Crippen molar-refractivity contribution in [2.45, 2.75) is 18.9 Å². The Balaban J connectivity index is 1.74. The van der Waals surface area contributed by atoms with Crippen molar-refractivity contribution in [2.75, 3.05) is 23.0 Å². The van der Waals surface area contributed by atoms with Gasteiger partial charge in [0.15, 0.2) is 0 Å². The van der Waals surface area contributed by atoms with Gasteiger partial charge in [0.05, 0.1) is 0 Å². The second-order valence-corrected chi connectivity index (χ2v) is 4.66. The largest absolute Gasteiger partial charge is 0.388 e. The van der Waals surface area contributed by atoms with E-state index in [2.05, 4.69) is 25.9 Å². The molecule has 0 bridgehead atoms. The van der Waals surface area contributed by atoms with Crippen molar-refractivity contribution in [3.05, 3.63) is 36.7 Å². The molecule has 1 heterocycles. The van der Waals surface area contributed by atoms with Crippen LogP contribution in [0.5, 0.6) is 0 Å². The third kappa shape index (κ3) is 3.13. The summed E-state index contributed by atoms with van der Waals surface area (Å²) in [5.74, 6) is 1.68. The second-order valence-electron chi connectivity index (χ2n) is 4.66. The summed E-state index contributed by atoms with van der Waals surface area (Å²) in [6.45, 7) is 0. The first kappa shape index (κ1) is 11.8. The highest BCUT2D eigenvalue weighted by Gasteiger charge is 2.21. The highest BCUT2D eigenvalue weighted by atomic mass is 15.1. The molecule has 1 aliphatic carbocycles. The van der Waals surface area contributed by atoms with E-state index >= 15 is 0 Å². The Hall–Kier alpha value is -2.30. The van der Waals surface area contributed by atoms with Gasteiger partial charge in [0.25, 0.3) is 0 Å². The monoisotopic (exact) mass is 255 g/mol. The summed E-state index contributed by atoms with van der Waals surface area (Å²) in [7, 11) is 1.90. The molecule has 1 fully saturated rings. The van der Waals surface area contributed by atoms with Gasteiger partial charge < -0.3 is 16.0 Å². The van der Waals surface area contributed by atoms with Crippen molar-refractivity contribution in [1.82, 2.24) is 9.97 Å². The fourth-order valence-corrected chi connectivity index (χ4v) is 1.84. The second kappa shape index (κ2) is 5.14. The zero-order valence-electron chi connectivity index (χ0n) is 10.9. The molecule has 5 heteroatoms. The van der Waals surface area contributed by atoms with E-state index in [4.69, 9.17) is 0 Å². The van der Waals surface area contributed by atoms with Gasteiger partial charge in [-0.2, -0.15) is 0 Å². The number of rotatable bonds is 5. The van der Waals surface area contributed by atoms with E-state index in [-0.39, 0.29) is 0 Å². The van der Waals surface area contributed by atoms with Crippen LogP contribution in [0, 0.1) is 0 Å². The lowest BCUT2D eigenvalue weighted by Gasteiger charge is -2.09. The van der Waals surface area contributed by atoms with Gasteiger partial charge in [-0.3, -0.25) is 0 Å². The molecule has 1 aromatic carbocycles. The lowest BCUT2D eigenvalue weighted by atomic mass is 10.3. The minimum Gasteiger partial charge on any atom is -0.388 e. The van der Waals surface area contributed by atoms with Crippen LogP contribution in [0.3, 0.4) is 0 Å². The highest BCUT2D eigenvalue weighted by Crippen LogP contribution is 2.25. The molecule has 0 aliphatic heterocycles. The molecule has 0 unspecified atom stereocenters. The Morgan fingerprint density at radius 2 is 1.84 bits per heavy atom. The Bertz CT molecular complexity index is 565. The Morgan fingerprint density at radius 3 is 2.63 bits per heavy atom.